The van der Waals surface area contributed by atoms with Crippen molar-refractivity contribution in [1.29, 1.82) is 0 Å². The second-order valence-electron chi connectivity index (χ2n) is 3.30. The maximum absolute atomic E-state index is 11.6. The Labute approximate surface area is 89.6 Å². The topological polar surface area (TPSA) is 45.2 Å². The highest BCUT2D eigenvalue weighted by molar-refractivity contribution is 5.92. The maximum Gasteiger partial charge on any atom is 0.272 e. The summed E-state index contributed by atoms with van der Waals surface area (Å²) in [5.74, 6) is -0.0998. The molecular formula is C11H15N3O. The molecule has 15 heavy (non-hydrogen) atoms. The number of carbonyl (C=O) groups excluding carboxylic acids is 1. The molecule has 1 heterocycles. The third-order valence-electron chi connectivity index (χ3n) is 1.84. The van der Waals surface area contributed by atoms with Crippen molar-refractivity contribution in [3.05, 3.63) is 36.7 Å². The van der Waals surface area contributed by atoms with Gasteiger partial charge in [-0.3, -0.25) is 9.78 Å². The smallest absolute Gasteiger partial charge is 0.272 e. The van der Waals surface area contributed by atoms with Crippen LogP contribution in [0.2, 0.25) is 0 Å². The fourth-order valence-corrected chi connectivity index (χ4v) is 1.08. The lowest BCUT2D eigenvalue weighted by Gasteiger charge is -2.10. The number of amides is 1. The third-order valence-corrected chi connectivity index (χ3v) is 1.84. The third kappa shape index (κ3) is 3.09. The Morgan fingerprint density at radius 2 is 2.40 bits per heavy atom. The molecule has 80 valence electrons. The van der Waals surface area contributed by atoms with Gasteiger partial charge in [0, 0.05) is 32.5 Å². The van der Waals surface area contributed by atoms with Crippen molar-refractivity contribution in [2.45, 2.75) is 0 Å². The van der Waals surface area contributed by atoms with Crippen molar-refractivity contribution < 1.29 is 4.79 Å². The van der Waals surface area contributed by atoms with Gasteiger partial charge in [-0.2, -0.15) is 0 Å². The molecule has 0 aliphatic rings. The summed E-state index contributed by atoms with van der Waals surface area (Å²) in [6.45, 7) is 4.27. The number of aromatic nitrogens is 1. The fourth-order valence-electron chi connectivity index (χ4n) is 1.08. The molecule has 0 fully saturated rings. The van der Waals surface area contributed by atoms with E-state index in [0.717, 1.165) is 5.69 Å². The zero-order valence-corrected chi connectivity index (χ0v) is 9.03. The van der Waals surface area contributed by atoms with Crippen LogP contribution >= 0.6 is 0 Å². The van der Waals surface area contributed by atoms with E-state index in [1.807, 2.05) is 6.07 Å². The van der Waals surface area contributed by atoms with Crippen LogP contribution in [0.4, 0.5) is 5.69 Å². The van der Waals surface area contributed by atoms with E-state index in [2.05, 4.69) is 16.9 Å². The van der Waals surface area contributed by atoms with Crippen molar-refractivity contribution >= 4 is 11.6 Å². The number of carbonyl (C=O) groups is 1. The van der Waals surface area contributed by atoms with E-state index in [1.165, 1.54) is 4.90 Å². The van der Waals surface area contributed by atoms with E-state index >= 15 is 0 Å². The number of pyridine rings is 1. The van der Waals surface area contributed by atoms with E-state index in [0.29, 0.717) is 12.2 Å². The van der Waals surface area contributed by atoms with Crippen molar-refractivity contribution in [3.8, 4) is 0 Å². The molecule has 1 amide bonds. The SMILES string of the molecule is C=CCNc1ccnc(C(=O)N(C)C)c1. The van der Waals surface area contributed by atoms with Crippen LogP contribution in [0.15, 0.2) is 31.0 Å². The lowest BCUT2D eigenvalue weighted by Crippen LogP contribution is -2.22. The van der Waals surface area contributed by atoms with E-state index < -0.39 is 0 Å². The first kappa shape index (κ1) is 11.2. The number of anilines is 1. The lowest BCUT2D eigenvalue weighted by molar-refractivity contribution is 0.0822. The van der Waals surface area contributed by atoms with Crippen molar-refractivity contribution in [3.63, 3.8) is 0 Å². The van der Waals surface area contributed by atoms with Crippen LogP contribution in [0.3, 0.4) is 0 Å². The summed E-state index contributed by atoms with van der Waals surface area (Å²) in [6, 6.07) is 3.54. The second-order valence-corrected chi connectivity index (χ2v) is 3.30. The highest BCUT2D eigenvalue weighted by atomic mass is 16.2. The molecule has 1 aromatic heterocycles. The number of nitrogens with one attached hydrogen (secondary N) is 1. The lowest BCUT2D eigenvalue weighted by atomic mass is 10.3. The number of hydrogen-bond acceptors (Lipinski definition) is 3. The van der Waals surface area contributed by atoms with Gasteiger partial charge in [-0.15, -0.1) is 6.58 Å². The molecule has 4 heteroatoms. The maximum atomic E-state index is 11.6. The molecule has 1 aromatic rings. The molecule has 0 saturated heterocycles. The molecule has 0 aliphatic carbocycles. The molecule has 0 aromatic carbocycles. The number of rotatable bonds is 4. The minimum absolute atomic E-state index is 0.0998. The molecule has 0 unspecified atom stereocenters. The van der Waals surface area contributed by atoms with Crippen LogP contribution in [0.25, 0.3) is 0 Å². The molecular weight excluding hydrogens is 190 g/mol. The van der Waals surface area contributed by atoms with Crippen molar-refractivity contribution in [1.82, 2.24) is 9.88 Å². The first-order chi connectivity index (χ1) is 7.15. The van der Waals surface area contributed by atoms with Gasteiger partial charge in [-0.05, 0) is 12.1 Å². The van der Waals surface area contributed by atoms with Crippen LogP contribution in [0.1, 0.15) is 10.5 Å². The summed E-state index contributed by atoms with van der Waals surface area (Å²) in [7, 11) is 3.40. The van der Waals surface area contributed by atoms with Gasteiger partial charge in [-0.25, -0.2) is 0 Å². The summed E-state index contributed by atoms with van der Waals surface area (Å²) in [4.78, 5) is 17.1. The van der Waals surface area contributed by atoms with Crippen LogP contribution < -0.4 is 5.32 Å². The van der Waals surface area contributed by atoms with Crippen LogP contribution in [-0.4, -0.2) is 36.4 Å². The molecule has 0 saturated carbocycles. The van der Waals surface area contributed by atoms with Gasteiger partial charge in [0.2, 0.25) is 0 Å². The molecule has 1 rings (SSSR count). The molecule has 0 aliphatic heterocycles. The summed E-state index contributed by atoms with van der Waals surface area (Å²) in [5, 5.41) is 3.10. The summed E-state index contributed by atoms with van der Waals surface area (Å²) in [5.41, 5.74) is 1.31. The first-order valence-electron chi connectivity index (χ1n) is 4.67. The average Bonchev–Trinajstić information content (AvgIpc) is 2.25. The molecule has 1 N–H and O–H groups in total. The van der Waals surface area contributed by atoms with Crippen molar-refractivity contribution in [2.24, 2.45) is 0 Å². The predicted octanol–water partition coefficient (Wildman–Crippen LogP) is 1.38. The standard InChI is InChI=1S/C11H15N3O/c1-4-6-12-9-5-7-13-10(8-9)11(15)14(2)3/h4-5,7-8H,1,6H2,2-3H3,(H,12,13). The minimum atomic E-state index is -0.0998. The van der Waals surface area contributed by atoms with Crippen LogP contribution in [0.5, 0.6) is 0 Å². The van der Waals surface area contributed by atoms with Gasteiger partial charge in [0.05, 0.1) is 0 Å². The quantitative estimate of drug-likeness (QED) is 0.755. The zero-order chi connectivity index (χ0) is 11.3. The fraction of sp³-hybridized carbons (Fsp3) is 0.273. The van der Waals surface area contributed by atoms with Crippen LogP contribution in [-0.2, 0) is 0 Å². The average molecular weight is 205 g/mol. The number of nitrogens with zero attached hydrogens (tertiary/aromatic N) is 2. The summed E-state index contributed by atoms with van der Waals surface area (Å²) < 4.78 is 0. The molecule has 0 radical (unpaired) electrons. The van der Waals surface area contributed by atoms with E-state index in [9.17, 15) is 4.79 Å². The zero-order valence-electron chi connectivity index (χ0n) is 9.03. The Balaban J connectivity index is 2.82. The van der Waals surface area contributed by atoms with Crippen LogP contribution in [0, 0.1) is 0 Å². The first-order valence-corrected chi connectivity index (χ1v) is 4.67. The molecule has 0 atom stereocenters. The predicted molar refractivity (Wildman–Crippen MR) is 60.9 cm³/mol. The normalized spacial score (nSPS) is 9.47. The Morgan fingerprint density at radius 3 is 3.00 bits per heavy atom. The largest absolute Gasteiger partial charge is 0.381 e. The van der Waals surface area contributed by atoms with Gasteiger partial charge < -0.3 is 10.2 Å². The van der Waals surface area contributed by atoms with E-state index in [-0.39, 0.29) is 5.91 Å². The highest BCUT2D eigenvalue weighted by Crippen LogP contribution is 2.08. The Hall–Kier alpha value is -1.84. The summed E-state index contributed by atoms with van der Waals surface area (Å²) in [6.07, 6.45) is 3.37. The Kier molecular flexibility index (Phi) is 3.85. The van der Waals surface area contributed by atoms with Crippen molar-refractivity contribution in [2.75, 3.05) is 26.0 Å². The van der Waals surface area contributed by atoms with Gasteiger partial charge in [-0.1, -0.05) is 6.08 Å². The molecule has 0 spiro atoms. The van der Waals surface area contributed by atoms with E-state index in [1.54, 1.807) is 32.4 Å². The van der Waals surface area contributed by atoms with Gasteiger partial charge >= 0.3 is 0 Å². The molecule has 0 bridgehead atoms. The Morgan fingerprint density at radius 1 is 1.67 bits per heavy atom. The Bertz CT molecular complexity index is 361. The summed E-state index contributed by atoms with van der Waals surface area (Å²) >= 11 is 0. The highest BCUT2D eigenvalue weighted by Gasteiger charge is 2.09. The monoisotopic (exact) mass is 205 g/mol. The number of hydrogen-bond donors (Lipinski definition) is 1. The van der Waals surface area contributed by atoms with E-state index in [4.69, 9.17) is 0 Å². The molecule has 4 nitrogen and oxygen atoms in total. The van der Waals surface area contributed by atoms with Gasteiger partial charge in [0.25, 0.3) is 5.91 Å². The second kappa shape index (κ2) is 5.14. The van der Waals surface area contributed by atoms with Gasteiger partial charge in [0.15, 0.2) is 0 Å². The van der Waals surface area contributed by atoms with Gasteiger partial charge in [0.1, 0.15) is 5.69 Å². The minimum Gasteiger partial charge on any atom is -0.381 e.